The summed E-state index contributed by atoms with van der Waals surface area (Å²) in [7, 11) is 0. The molecule has 5 nitrogen and oxygen atoms in total. The van der Waals surface area contributed by atoms with Crippen LogP contribution in [0.1, 0.15) is 41.2 Å². The smallest absolute Gasteiger partial charge is 0.338 e. The molecule has 0 bridgehead atoms. The van der Waals surface area contributed by atoms with Gasteiger partial charge in [-0.1, -0.05) is 18.2 Å². The van der Waals surface area contributed by atoms with Crippen molar-refractivity contribution in [2.45, 2.75) is 27.7 Å². The summed E-state index contributed by atoms with van der Waals surface area (Å²) in [4.78, 5) is 16.7. The second-order valence-electron chi connectivity index (χ2n) is 6.59. The highest BCUT2D eigenvalue weighted by Gasteiger charge is 2.12. The Balaban J connectivity index is 1.94. The van der Waals surface area contributed by atoms with E-state index in [1.54, 1.807) is 13.0 Å². The molecule has 0 unspecified atom stereocenters. The lowest BCUT2D eigenvalue weighted by atomic mass is 10.2. The summed E-state index contributed by atoms with van der Waals surface area (Å²) in [5, 5.41) is 0. The highest BCUT2D eigenvalue weighted by molar-refractivity contribution is 5.90. The van der Waals surface area contributed by atoms with Gasteiger partial charge >= 0.3 is 5.97 Å². The van der Waals surface area contributed by atoms with Crippen molar-refractivity contribution in [2.24, 2.45) is 4.99 Å². The lowest BCUT2D eigenvalue weighted by Gasteiger charge is -2.11. The van der Waals surface area contributed by atoms with E-state index in [1.165, 1.54) is 0 Å². The van der Waals surface area contributed by atoms with Gasteiger partial charge in [-0.25, -0.2) is 4.79 Å². The van der Waals surface area contributed by atoms with Crippen molar-refractivity contribution in [3.05, 3.63) is 77.1 Å². The van der Waals surface area contributed by atoms with Crippen LogP contribution in [0.3, 0.4) is 0 Å². The van der Waals surface area contributed by atoms with E-state index in [1.807, 2.05) is 69.5 Å². The van der Waals surface area contributed by atoms with Crippen LogP contribution < -0.4 is 4.74 Å². The van der Waals surface area contributed by atoms with Gasteiger partial charge in [0.25, 0.3) is 0 Å². The zero-order chi connectivity index (χ0) is 20.8. The largest absolute Gasteiger partial charge is 0.492 e. The highest BCUT2D eigenvalue weighted by Crippen LogP contribution is 2.27. The summed E-state index contributed by atoms with van der Waals surface area (Å²) in [6.45, 7) is 8.79. The quantitative estimate of drug-likeness (QED) is 0.400. The number of para-hydroxylation sites is 2. The zero-order valence-corrected chi connectivity index (χ0v) is 17.3. The van der Waals surface area contributed by atoms with Crippen LogP contribution in [0.2, 0.25) is 0 Å². The maximum atomic E-state index is 12.1. The van der Waals surface area contributed by atoms with Crippen LogP contribution >= 0.6 is 0 Å². The predicted octanol–water partition coefficient (Wildman–Crippen LogP) is 5.42. The summed E-state index contributed by atoms with van der Waals surface area (Å²) in [5.74, 6) is 0.452. The molecule has 29 heavy (non-hydrogen) atoms. The van der Waals surface area contributed by atoms with Gasteiger partial charge in [-0.05, 0) is 64.1 Å². The normalized spacial score (nSPS) is 11.0. The second kappa shape index (κ2) is 9.24. The van der Waals surface area contributed by atoms with Gasteiger partial charge in [0.05, 0.1) is 18.8 Å². The average molecular weight is 390 g/mol. The summed E-state index contributed by atoms with van der Waals surface area (Å²) >= 11 is 0. The molecule has 0 saturated heterocycles. The first-order valence-corrected chi connectivity index (χ1v) is 9.77. The minimum Gasteiger partial charge on any atom is -0.492 e. The average Bonchev–Trinajstić information content (AvgIpc) is 3.01. The number of rotatable bonds is 7. The van der Waals surface area contributed by atoms with Gasteiger partial charge < -0.3 is 14.0 Å². The van der Waals surface area contributed by atoms with E-state index < -0.39 is 0 Å². The van der Waals surface area contributed by atoms with Gasteiger partial charge in [0.2, 0.25) is 0 Å². The summed E-state index contributed by atoms with van der Waals surface area (Å²) in [6.07, 6.45) is 1.85. The number of hydrogen-bond acceptors (Lipinski definition) is 4. The fraction of sp³-hybridized carbons (Fsp3) is 0.250. The molecule has 0 fully saturated rings. The molecule has 0 aliphatic rings. The number of aromatic nitrogens is 1. The monoisotopic (exact) mass is 390 g/mol. The third-order valence-corrected chi connectivity index (χ3v) is 4.59. The zero-order valence-electron chi connectivity index (χ0n) is 17.3. The SMILES string of the molecule is CCOC(=O)c1cccc(-n2c(C)cc(C=Nc3ccccc3OCC)c2C)c1. The molecule has 0 aliphatic heterocycles. The van der Waals surface area contributed by atoms with Crippen molar-refractivity contribution < 1.29 is 14.3 Å². The van der Waals surface area contributed by atoms with Gasteiger partial charge in [0.15, 0.2) is 0 Å². The third kappa shape index (κ3) is 4.57. The van der Waals surface area contributed by atoms with Gasteiger partial charge in [0.1, 0.15) is 11.4 Å². The topological polar surface area (TPSA) is 52.8 Å². The summed E-state index contributed by atoms with van der Waals surface area (Å²) in [6, 6.07) is 17.3. The molecule has 0 saturated carbocycles. The van der Waals surface area contributed by atoms with Crippen LogP contribution in [0.5, 0.6) is 5.75 Å². The van der Waals surface area contributed by atoms with E-state index in [4.69, 9.17) is 9.47 Å². The Morgan fingerprint density at radius 3 is 2.59 bits per heavy atom. The molecule has 1 heterocycles. The number of ether oxygens (including phenoxy) is 2. The molecule has 0 N–H and O–H groups in total. The van der Waals surface area contributed by atoms with E-state index in [0.717, 1.165) is 34.1 Å². The first kappa shape index (κ1) is 20.4. The minimum absolute atomic E-state index is 0.314. The Morgan fingerprint density at radius 1 is 1.03 bits per heavy atom. The molecule has 0 amide bonds. The molecule has 0 atom stereocenters. The Hall–Kier alpha value is -3.34. The van der Waals surface area contributed by atoms with Crippen LogP contribution in [0, 0.1) is 13.8 Å². The maximum Gasteiger partial charge on any atom is 0.338 e. The summed E-state index contributed by atoms with van der Waals surface area (Å²) in [5.41, 5.74) is 5.36. The number of aliphatic imine (C=N–C) groups is 1. The lowest BCUT2D eigenvalue weighted by Crippen LogP contribution is -2.06. The van der Waals surface area contributed by atoms with Crippen LogP contribution in [-0.2, 0) is 4.74 Å². The van der Waals surface area contributed by atoms with Crippen LogP contribution in [0.15, 0.2) is 59.6 Å². The molecule has 0 spiro atoms. The molecular weight excluding hydrogens is 364 g/mol. The molecule has 150 valence electrons. The van der Waals surface area contributed by atoms with Crippen LogP contribution in [0.25, 0.3) is 5.69 Å². The lowest BCUT2D eigenvalue weighted by molar-refractivity contribution is 0.0526. The number of benzene rings is 2. The van der Waals surface area contributed by atoms with Gasteiger partial charge in [-0.3, -0.25) is 4.99 Å². The highest BCUT2D eigenvalue weighted by atomic mass is 16.5. The third-order valence-electron chi connectivity index (χ3n) is 4.59. The van der Waals surface area contributed by atoms with Crippen LogP contribution in [-0.4, -0.2) is 30.0 Å². The molecule has 0 aliphatic carbocycles. The Morgan fingerprint density at radius 2 is 1.83 bits per heavy atom. The van der Waals surface area contributed by atoms with Crippen LogP contribution in [0.4, 0.5) is 5.69 Å². The molecule has 3 rings (SSSR count). The van der Waals surface area contributed by atoms with E-state index in [-0.39, 0.29) is 5.97 Å². The Labute approximate surface area is 171 Å². The van der Waals surface area contributed by atoms with E-state index in [2.05, 4.69) is 15.6 Å². The molecule has 1 aromatic heterocycles. The fourth-order valence-electron chi connectivity index (χ4n) is 3.28. The molecule has 2 aromatic carbocycles. The second-order valence-corrected chi connectivity index (χ2v) is 6.59. The van der Waals surface area contributed by atoms with E-state index >= 15 is 0 Å². The van der Waals surface area contributed by atoms with Gasteiger partial charge in [0, 0.05) is 28.9 Å². The number of nitrogens with zero attached hydrogens (tertiary/aromatic N) is 2. The van der Waals surface area contributed by atoms with Crippen molar-refractivity contribution in [3.8, 4) is 11.4 Å². The first-order chi connectivity index (χ1) is 14.0. The van der Waals surface area contributed by atoms with Gasteiger partial charge in [-0.15, -0.1) is 0 Å². The maximum absolute atomic E-state index is 12.1. The predicted molar refractivity (Wildman–Crippen MR) is 116 cm³/mol. The number of hydrogen-bond donors (Lipinski definition) is 0. The fourth-order valence-corrected chi connectivity index (χ4v) is 3.28. The molecule has 5 heteroatoms. The van der Waals surface area contributed by atoms with Crippen molar-refractivity contribution in [1.82, 2.24) is 4.57 Å². The number of carbonyl (C=O) groups excluding carboxylic acids is 1. The molecular formula is C24H26N2O3. The molecule has 0 radical (unpaired) electrons. The minimum atomic E-state index is -0.314. The molecule has 3 aromatic rings. The standard InChI is InChI=1S/C24H26N2O3/c1-5-28-23-13-8-7-12-22(23)25-16-20-14-17(3)26(18(20)4)21-11-9-10-19(15-21)24(27)29-6-2/h7-16H,5-6H2,1-4H3. The first-order valence-electron chi connectivity index (χ1n) is 9.77. The van der Waals surface area contributed by atoms with Crippen molar-refractivity contribution in [3.63, 3.8) is 0 Å². The number of esters is 1. The number of carbonyl (C=O) groups is 1. The van der Waals surface area contributed by atoms with Crippen molar-refractivity contribution >= 4 is 17.9 Å². The number of aryl methyl sites for hydroxylation is 1. The Kier molecular flexibility index (Phi) is 6.50. The van der Waals surface area contributed by atoms with Gasteiger partial charge in [-0.2, -0.15) is 0 Å². The summed E-state index contributed by atoms with van der Waals surface area (Å²) < 4.78 is 12.9. The van der Waals surface area contributed by atoms with Crippen molar-refractivity contribution in [2.75, 3.05) is 13.2 Å². The Bertz CT molecular complexity index is 1030. The van der Waals surface area contributed by atoms with E-state index in [0.29, 0.717) is 18.8 Å². The van der Waals surface area contributed by atoms with Crippen molar-refractivity contribution in [1.29, 1.82) is 0 Å². The van der Waals surface area contributed by atoms with E-state index in [9.17, 15) is 4.79 Å².